The van der Waals surface area contributed by atoms with Crippen molar-refractivity contribution in [2.24, 2.45) is 0 Å². The van der Waals surface area contributed by atoms with Gasteiger partial charge in [0.2, 0.25) is 11.8 Å². The average Bonchev–Trinajstić information content (AvgIpc) is 4.09. The van der Waals surface area contributed by atoms with Crippen LogP contribution in [0.15, 0.2) is 118 Å². The van der Waals surface area contributed by atoms with Crippen LogP contribution < -0.4 is 20.0 Å². The molecule has 0 radical (unpaired) electrons. The van der Waals surface area contributed by atoms with Gasteiger partial charge < -0.3 is 25.1 Å². The van der Waals surface area contributed by atoms with E-state index >= 15 is 4.39 Å². The zero-order valence-electron chi connectivity index (χ0n) is 35.1. The molecule has 0 saturated carbocycles. The topological polar surface area (TPSA) is 170 Å². The Morgan fingerprint density at radius 2 is 1.34 bits per heavy atom. The lowest BCUT2D eigenvalue weighted by molar-refractivity contribution is -0.118. The fourth-order valence-electron chi connectivity index (χ4n) is 8.56. The quantitative estimate of drug-likeness (QED) is 0.120. The SMILES string of the molecule is O=C(Nc1ccc(S(=O)(=O)Cc2nccs2)cc1F)[C@H](CCO)N1CCCc2ccccc21.O=C1[C@@H](N2CCCc3ccccc32)CCN1c1ccc(S(=O)(=O)Cc2nccs2)cc1F. The van der Waals surface area contributed by atoms with Gasteiger partial charge in [0.15, 0.2) is 19.7 Å². The minimum Gasteiger partial charge on any atom is -0.396 e. The normalized spacial score (nSPS) is 16.6. The molecule has 1 fully saturated rings. The summed E-state index contributed by atoms with van der Waals surface area (Å²) in [5.41, 5.74) is 4.37. The third-order valence-electron chi connectivity index (χ3n) is 11.6. The highest BCUT2D eigenvalue weighted by Gasteiger charge is 2.39. The van der Waals surface area contributed by atoms with Crippen LogP contribution in [0.25, 0.3) is 0 Å². The number of carbonyl (C=O) groups is 2. The van der Waals surface area contributed by atoms with Crippen LogP contribution in [0.3, 0.4) is 0 Å². The number of nitrogens with one attached hydrogen (secondary N) is 1. The monoisotopic (exact) mass is 960 g/mol. The number of fused-ring (bicyclic) bond motifs is 2. The lowest BCUT2D eigenvalue weighted by Crippen LogP contribution is -2.47. The van der Waals surface area contributed by atoms with Gasteiger partial charge in [0, 0.05) is 60.8 Å². The highest BCUT2D eigenvalue weighted by atomic mass is 32.2. The van der Waals surface area contributed by atoms with Gasteiger partial charge in [-0.25, -0.2) is 35.6 Å². The Balaban J connectivity index is 0.000000177. The van der Waals surface area contributed by atoms with Gasteiger partial charge in [-0.1, -0.05) is 36.4 Å². The van der Waals surface area contributed by atoms with Crippen molar-refractivity contribution in [1.29, 1.82) is 0 Å². The molecule has 19 heteroatoms. The molecule has 2 atom stereocenters. The maximum atomic E-state index is 15.0. The number of nitrogens with zero attached hydrogens (tertiary/aromatic N) is 5. The number of carbonyl (C=O) groups excluding carboxylic acids is 2. The fraction of sp³-hybridized carbons (Fsp3) is 0.304. The first kappa shape index (κ1) is 45.9. The molecule has 0 bridgehead atoms. The molecule has 3 aliphatic rings. The lowest BCUT2D eigenvalue weighted by atomic mass is 9.98. The number of aliphatic hydroxyl groups is 1. The van der Waals surface area contributed by atoms with E-state index < -0.39 is 43.3 Å². The van der Waals surface area contributed by atoms with Gasteiger partial charge in [0.05, 0.1) is 21.2 Å². The number of thiazole rings is 2. The molecule has 0 unspecified atom stereocenters. The predicted octanol–water partition coefficient (Wildman–Crippen LogP) is 7.21. The molecule has 3 aliphatic heterocycles. The van der Waals surface area contributed by atoms with Crippen LogP contribution in [0, 0.1) is 11.6 Å². The van der Waals surface area contributed by atoms with Crippen LogP contribution in [-0.2, 0) is 53.6 Å². The number of hydrogen-bond acceptors (Lipinski definition) is 13. The number of halogens is 2. The van der Waals surface area contributed by atoms with Crippen molar-refractivity contribution in [3.8, 4) is 0 Å². The van der Waals surface area contributed by atoms with Gasteiger partial charge >= 0.3 is 0 Å². The number of hydrogen-bond donors (Lipinski definition) is 2. The van der Waals surface area contributed by atoms with Crippen molar-refractivity contribution >= 4 is 76.9 Å². The molecule has 340 valence electrons. The van der Waals surface area contributed by atoms with Gasteiger partial charge in [-0.3, -0.25) is 9.59 Å². The van der Waals surface area contributed by atoms with Gasteiger partial charge in [0.25, 0.3) is 0 Å². The van der Waals surface area contributed by atoms with E-state index in [0.29, 0.717) is 29.5 Å². The Bertz CT molecular complexity index is 2880. The number of amides is 2. The summed E-state index contributed by atoms with van der Waals surface area (Å²) in [6, 6.07) is 22.1. The molecule has 2 amide bonds. The van der Waals surface area contributed by atoms with E-state index in [4.69, 9.17) is 0 Å². The van der Waals surface area contributed by atoms with Crippen LogP contribution in [0.5, 0.6) is 0 Å². The van der Waals surface area contributed by atoms with Crippen LogP contribution in [0.4, 0.5) is 31.5 Å². The van der Waals surface area contributed by atoms with Crippen molar-refractivity contribution in [2.75, 3.05) is 46.3 Å². The lowest BCUT2D eigenvalue weighted by Gasteiger charge is -2.37. The summed E-state index contributed by atoms with van der Waals surface area (Å²) in [6.07, 6.45) is 7.56. The number of para-hydroxylation sites is 2. The Morgan fingerprint density at radius 1 is 0.754 bits per heavy atom. The van der Waals surface area contributed by atoms with E-state index in [2.05, 4.69) is 26.3 Å². The third kappa shape index (κ3) is 10.3. The van der Waals surface area contributed by atoms with Gasteiger partial charge in [0.1, 0.15) is 45.2 Å². The molecule has 1 saturated heterocycles. The molecule has 5 heterocycles. The summed E-state index contributed by atoms with van der Waals surface area (Å²) < 4.78 is 80.2. The third-order valence-corrected chi connectivity index (χ3v) is 16.8. The van der Waals surface area contributed by atoms with E-state index in [1.54, 1.807) is 10.8 Å². The summed E-state index contributed by atoms with van der Waals surface area (Å²) in [4.78, 5) is 39.5. The first-order valence-electron chi connectivity index (χ1n) is 21.1. The summed E-state index contributed by atoms with van der Waals surface area (Å²) in [5.74, 6) is -2.76. The molecule has 2 aromatic heterocycles. The van der Waals surface area contributed by atoms with Crippen LogP contribution in [-0.4, -0.2) is 82.0 Å². The number of rotatable bonds is 13. The standard InChI is InChI=1S/C23H24FN3O4S2.C23H22FN3O3S2/c24-18-14-17(33(30,31)15-22-25-10-13-32-22)7-8-19(18)26-23(29)21(9-12-28)27-11-3-5-16-4-1-2-6-20(16)27;24-18-14-17(32(29,30)15-22-25-10-13-31-22)7-8-20(18)27-12-9-21(23(27)28)26-11-3-5-16-4-1-2-6-19(16)26/h1-2,4,6-8,10,13-14,21,28H,3,5,9,11-12,15H2,(H,26,29);1-2,4,6-8,10,13-14,21H,3,5,9,11-12,15H2/t2*21-/m00/s1. The van der Waals surface area contributed by atoms with Gasteiger partial charge in [-0.05, 0) is 98.2 Å². The van der Waals surface area contributed by atoms with Crippen LogP contribution >= 0.6 is 22.7 Å². The summed E-state index contributed by atoms with van der Waals surface area (Å²) >= 11 is 2.45. The second-order valence-electron chi connectivity index (χ2n) is 15.8. The fourth-order valence-corrected chi connectivity index (χ4v) is 13.1. The van der Waals surface area contributed by atoms with Gasteiger partial charge in [-0.15, -0.1) is 22.7 Å². The maximum absolute atomic E-state index is 15.0. The molecule has 4 aromatic carbocycles. The van der Waals surface area contributed by atoms with Crippen molar-refractivity contribution < 1.29 is 40.3 Å². The average molecular weight is 961 g/mol. The molecule has 0 aliphatic carbocycles. The second kappa shape index (κ2) is 19.9. The Morgan fingerprint density at radius 3 is 1.94 bits per heavy atom. The molecule has 2 N–H and O–H groups in total. The Kier molecular flexibility index (Phi) is 14.0. The first-order valence-corrected chi connectivity index (χ1v) is 26.1. The summed E-state index contributed by atoms with van der Waals surface area (Å²) in [5, 5.41) is 16.4. The maximum Gasteiger partial charge on any atom is 0.249 e. The highest BCUT2D eigenvalue weighted by molar-refractivity contribution is 7.91. The largest absolute Gasteiger partial charge is 0.396 e. The minimum atomic E-state index is -3.77. The number of aliphatic hydroxyl groups excluding tert-OH is 1. The number of anilines is 4. The zero-order chi connectivity index (χ0) is 45.7. The molecule has 9 rings (SSSR count). The number of benzene rings is 4. The molecule has 13 nitrogen and oxygen atoms in total. The number of sulfone groups is 2. The van der Waals surface area contributed by atoms with E-state index in [0.717, 1.165) is 61.3 Å². The van der Waals surface area contributed by atoms with Crippen molar-refractivity contribution in [3.63, 3.8) is 0 Å². The molecule has 6 aromatic rings. The highest BCUT2D eigenvalue weighted by Crippen LogP contribution is 2.35. The number of aryl methyl sites for hydroxylation is 2. The number of aromatic nitrogens is 2. The summed E-state index contributed by atoms with van der Waals surface area (Å²) in [6.45, 7) is 1.63. The van der Waals surface area contributed by atoms with Gasteiger partial charge in [-0.2, -0.15) is 0 Å². The van der Waals surface area contributed by atoms with Crippen LogP contribution in [0.2, 0.25) is 0 Å². The zero-order valence-corrected chi connectivity index (χ0v) is 38.3. The molecule has 0 spiro atoms. The minimum absolute atomic E-state index is 0.109. The predicted molar refractivity (Wildman–Crippen MR) is 248 cm³/mol. The Labute approximate surface area is 384 Å². The van der Waals surface area contributed by atoms with E-state index in [1.165, 1.54) is 69.8 Å². The van der Waals surface area contributed by atoms with E-state index in [9.17, 15) is 35.9 Å². The molecular weight excluding hydrogens is 915 g/mol. The molecule has 65 heavy (non-hydrogen) atoms. The van der Waals surface area contributed by atoms with E-state index in [1.807, 2.05) is 47.4 Å². The van der Waals surface area contributed by atoms with Crippen LogP contribution in [0.1, 0.15) is 46.8 Å². The molecular formula is C46H46F2N6O7S4. The Hall–Kier alpha value is -5.60. The van der Waals surface area contributed by atoms with E-state index in [-0.39, 0.29) is 57.6 Å². The second-order valence-corrected chi connectivity index (χ2v) is 21.7. The van der Waals surface area contributed by atoms with Crippen molar-refractivity contribution in [1.82, 2.24) is 9.97 Å². The smallest absolute Gasteiger partial charge is 0.249 e. The van der Waals surface area contributed by atoms with Crippen molar-refractivity contribution in [3.05, 3.63) is 141 Å². The van der Waals surface area contributed by atoms with Crippen molar-refractivity contribution in [2.45, 2.75) is 71.9 Å². The summed E-state index contributed by atoms with van der Waals surface area (Å²) in [7, 11) is -7.50. The first-order chi connectivity index (χ1) is 31.3.